The zero-order chi connectivity index (χ0) is 8.93. The lowest BCUT2D eigenvalue weighted by atomic mass is 9.81. The normalized spacial score (nSPS) is 49.6. The molecule has 2 aliphatic rings. The largest absolute Gasteiger partial charge is 0.303 e. The zero-order valence-electron chi connectivity index (χ0n) is 8.21. The first-order valence-electron chi connectivity index (χ1n) is 5.02. The lowest BCUT2D eigenvalue weighted by molar-refractivity contribution is -0.113. The highest BCUT2D eigenvalue weighted by Gasteiger charge is 2.60. The van der Waals surface area contributed by atoms with Gasteiger partial charge in [0.25, 0.3) is 0 Å². The van der Waals surface area contributed by atoms with Gasteiger partial charge in [0.05, 0.1) is 0 Å². The molecule has 68 valence electrons. The molecule has 0 saturated heterocycles. The molecule has 2 rings (SSSR count). The highest BCUT2D eigenvalue weighted by atomic mass is 16.1. The van der Waals surface area contributed by atoms with Crippen LogP contribution < -0.4 is 0 Å². The van der Waals surface area contributed by atoms with E-state index in [-0.39, 0.29) is 0 Å². The van der Waals surface area contributed by atoms with E-state index in [2.05, 4.69) is 20.8 Å². The van der Waals surface area contributed by atoms with Gasteiger partial charge >= 0.3 is 0 Å². The van der Waals surface area contributed by atoms with Gasteiger partial charge in [0.1, 0.15) is 6.29 Å². The zero-order valence-corrected chi connectivity index (χ0v) is 8.21. The molecule has 4 atom stereocenters. The van der Waals surface area contributed by atoms with E-state index < -0.39 is 0 Å². The maximum atomic E-state index is 10.7. The fourth-order valence-corrected chi connectivity index (χ4v) is 3.08. The first kappa shape index (κ1) is 8.28. The molecule has 12 heavy (non-hydrogen) atoms. The van der Waals surface area contributed by atoms with Crippen LogP contribution in [0.4, 0.5) is 0 Å². The van der Waals surface area contributed by atoms with E-state index in [0.717, 1.165) is 18.3 Å². The Kier molecular flexibility index (Phi) is 1.61. The van der Waals surface area contributed by atoms with Crippen LogP contribution in [-0.4, -0.2) is 6.29 Å². The van der Waals surface area contributed by atoms with Crippen LogP contribution in [0.1, 0.15) is 33.6 Å². The maximum absolute atomic E-state index is 10.7. The molecule has 0 aromatic rings. The van der Waals surface area contributed by atoms with Crippen LogP contribution in [0.2, 0.25) is 0 Å². The summed E-state index contributed by atoms with van der Waals surface area (Å²) < 4.78 is 0. The van der Waals surface area contributed by atoms with Crippen molar-refractivity contribution in [2.24, 2.45) is 29.1 Å². The van der Waals surface area contributed by atoms with E-state index >= 15 is 0 Å². The predicted octanol–water partition coefficient (Wildman–Crippen LogP) is 2.50. The van der Waals surface area contributed by atoms with Crippen molar-refractivity contribution in [1.29, 1.82) is 0 Å². The van der Waals surface area contributed by atoms with Gasteiger partial charge < -0.3 is 4.79 Å². The third-order valence-electron chi connectivity index (χ3n) is 4.35. The van der Waals surface area contributed by atoms with Crippen molar-refractivity contribution in [3.8, 4) is 0 Å². The molecule has 0 radical (unpaired) electrons. The SMILES string of the molecule is CC1CC2C(CC1C=O)C2(C)C. The summed E-state index contributed by atoms with van der Waals surface area (Å²) in [6.07, 6.45) is 3.61. The van der Waals surface area contributed by atoms with Crippen molar-refractivity contribution < 1.29 is 4.79 Å². The van der Waals surface area contributed by atoms with Gasteiger partial charge in [0.15, 0.2) is 0 Å². The van der Waals surface area contributed by atoms with Crippen molar-refractivity contribution in [1.82, 2.24) is 0 Å². The van der Waals surface area contributed by atoms with Gasteiger partial charge in [0, 0.05) is 5.92 Å². The molecule has 0 spiro atoms. The number of fused-ring (bicyclic) bond motifs is 1. The van der Waals surface area contributed by atoms with Gasteiger partial charge in [-0.05, 0) is 36.0 Å². The van der Waals surface area contributed by atoms with Crippen LogP contribution in [-0.2, 0) is 4.79 Å². The molecule has 0 bridgehead atoms. The third-order valence-corrected chi connectivity index (χ3v) is 4.35. The van der Waals surface area contributed by atoms with Gasteiger partial charge in [-0.15, -0.1) is 0 Å². The second kappa shape index (κ2) is 2.34. The Morgan fingerprint density at radius 1 is 1.25 bits per heavy atom. The summed E-state index contributed by atoms with van der Waals surface area (Å²) >= 11 is 0. The van der Waals surface area contributed by atoms with E-state index in [1.54, 1.807) is 0 Å². The summed E-state index contributed by atoms with van der Waals surface area (Å²) in [4.78, 5) is 10.7. The first-order valence-corrected chi connectivity index (χ1v) is 5.02. The Morgan fingerprint density at radius 3 is 2.42 bits per heavy atom. The van der Waals surface area contributed by atoms with Crippen LogP contribution in [0.3, 0.4) is 0 Å². The third kappa shape index (κ3) is 0.949. The van der Waals surface area contributed by atoms with Gasteiger partial charge in [-0.25, -0.2) is 0 Å². The molecular weight excluding hydrogens is 148 g/mol. The maximum Gasteiger partial charge on any atom is 0.123 e. The van der Waals surface area contributed by atoms with E-state index in [1.807, 2.05) is 0 Å². The minimum Gasteiger partial charge on any atom is -0.303 e. The molecule has 1 nitrogen and oxygen atoms in total. The number of carbonyl (C=O) groups is 1. The summed E-state index contributed by atoms with van der Waals surface area (Å²) in [6.45, 7) is 6.92. The van der Waals surface area contributed by atoms with E-state index in [1.165, 1.54) is 12.7 Å². The fraction of sp³-hybridized carbons (Fsp3) is 0.909. The molecular formula is C11H18O. The van der Waals surface area contributed by atoms with Gasteiger partial charge in [-0.2, -0.15) is 0 Å². The Balaban J connectivity index is 2.08. The standard InChI is InChI=1S/C11H18O/c1-7-4-9-10(11(9,2)3)5-8(7)6-12/h6-10H,4-5H2,1-3H3. The molecule has 4 unspecified atom stereocenters. The quantitative estimate of drug-likeness (QED) is 0.547. The molecule has 2 saturated carbocycles. The van der Waals surface area contributed by atoms with Gasteiger partial charge in [-0.1, -0.05) is 20.8 Å². The minimum atomic E-state index is 0.355. The average Bonchev–Trinajstić information content (AvgIpc) is 2.52. The Bertz CT molecular complexity index is 207. The predicted molar refractivity (Wildman–Crippen MR) is 48.7 cm³/mol. The van der Waals surface area contributed by atoms with Crippen molar-refractivity contribution in [3.05, 3.63) is 0 Å². The molecule has 0 amide bonds. The fourth-order valence-electron chi connectivity index (χ4n) is 3.08. The second-order valence-electron chi connectivity index (χ2n) is 5.28. The Hall–Kier alpha value is -0.330. The number of hydrogen-bond acceptors (Lipinski definition) is 1. The lowest BCUT2D eigenvalue weighted by Crippen LogP contribution is -2.19. The van der Waals surface area contributed by atoms with Crippen LogP contribution in [0.5, 0.6) is 0 Å². The highest BCUT2D eigenvalue weighted by molar-refractivity contribution is 5.54. The minimum absolute atomic E-state index is 0.355. The number of aldehydes is 1. The van der Waals surface area contributed by atoms with Crippen molar-refractivity contribution >= 4 is 6.29 Å². The van der Waals surface area contributed by atoms with Gasteiger partial charge in [0.2, 0.25) is 0 Å². The van der Waals surface area contributed by atoms with Crippen molar-refractivity contribution in [2.75, 3.05) is 0 Å². The van der Waals surface area contributed by atoms with Crippen LogP contribution in [0, 0.1) is 29.1 Å². The molecule has 0 heterocycles. The number of hydrogen-bond donors (Lipinski definition) is 0. The van der Waals surface area contributed by atoms with Crippen LogP contribution >= 0.6 is 0 Å². The second-order valence-corrected chi connectivity index (χ2v) is 5.28. The molecule has 0 aromatic heterocycles. The molecule has 0 N–H and O–H groups in total. The molecule has 0 aromatic carbocycles. The number of carbonyl (C=O) groups excluding carboxylic acids is 1. The van der Waals surface area contributed by atoms with Crippen molar-refractivity contribution in [2.45, 2.75) is 33.6 Å². The van der Waals surface area contributed by atoms with E-state index in [9.17, 15) is 4.79 Å². The molecule has 1 heteroatoms. The van der Waals surface area contributed by atoms with Crippen LogP contribution in [0.25, 0.3) is 0 Å². The topological polar surface area (TPSA) is 17.1 Å². The summed E-state index contributed by atoms with van der Waals surface area (Å²) in [5, 5.41) is 0. The lowest BCUT2D eigenvalue weighted by Gasteiger charge is -2.22. The van der Waals surface area contributed by atoms with Crippen molar-refractivity contribution in [3.63, 3.8) is 0 Å². The Morgan fingerprint density at radius 2 is 1.83 bits per heavy atom. The molecule has 0 aliphatic heterocycles. The summed E-state index contributed by atoms with van der Waals surface area (Å²) in [5.41, 5.74) is 0.548. The van der Waals surface area contributed by atoms with Gasteiger partial charge in [-0.3, -0.25) is 0 Å². The first-order chi connectivity index (χ1) is 5.57. The highest BCUT2D eigenvalue weighted by Crippen LogP contribution is 2.66. The number of rotatable bonds is 1. The Labute approximate surface area is 74.5 Å². The van der Waals surface area contributed by atoms with E-state index in [4.69, 9.17) is 0 Å². The average molecular weight is 166 g/mol. The smallest absolute Gasteiger partial charge is 0.123 e. The monoisotopic (exact) mass is 166 g/mol. The molecule has 2 aliphatic carbocycles. The summed E-state index contributed by atoms with van der Waals surface area (Å²) in [5.74, 6) is 2.76. The van der Waals surface area contributed by atoms with E-state index in [0.29, 0.717) is 17.3 Å². The molecule has 2 fully saturated rings. The summed E-state index contributed by atoms with van der Waals surface area (Å²) in [7, 11) is 0. The summed E-state index contributed by atoms with van der Waals surface area (Å²) in [6, 6.07) is 0. The van der Waals surface area contributed by atoms with Crippen LogP contribution in [0.15, 0.2) is 0 Å².